The predicted octanol–water partition coefficient (Wildman–Crippen LogP) is 4.04. The maximum Gasteiger partial charge on any atom is 0.311 e. The van der Waals surface area contributed by atoms with Crippen LogP contribution in [0.15, 0.2) is 53.4 Å². The van der Waals surface area contributed by atoms with Crippen molar-refractivity contribution in [2.24, 2.45) is 0 Å². The lowest BCUT2D eigenvalue weighted by Crippen LogP contribution is -2.09. The molecule has 0 spiro atoms. The van der Waals surface area contributed by atoms with Crippen LogP contribution in [0.2, 0.25) is 0 Å². The first-order valence-electron chi connectivity index (χ1n) is 7.19. The second kappa shape index (κ2) is 8.86. The molecule has 2 rings (SSSR count). The molecule has 0 fully saturated rings. The molecular weight excluding hydrogens is 310 g/mol. The second-order valence-corrected chi connectivity index (χ2v) is 5.88. The lowest BCUT2D eigenvalue weighted by Gasteiger charge is -2.09. The van der Waals surface area contributed by atoms with E-state index in [4.69, 9.17) is 14.7 Å². The van der Waals surface area contributed by atoms with Gasteiger partial charge in [0.2, 0.25) is 0 Å². The Morgan fingerprint density at radius 1 is 1.17 bits per heavy atom. The van der Waals surface area contributed by atoms with Crippen LogP contribution in [-0.2, 0) is 4.79 Å². The summed E-state index contributed by atoms with van der Waals surface area (Å²) in [5.41, 5.74) is 0.459. The molecule has 0 heterocycles. The number of hydrogen-bond acceptors (Lipinski definition) is 5. The van der Waals surface area contributed by atoms with E-state index < -0.39 is 0 Å². The summed E-state index contributed by atoms with van der Waals surface area (Å²) in [4.78, 5) is 13.1. The molecule has 2 aromatic carbocycles. The Morgan fingerprint density at radius 3 is 2.65 bits per heavy atom. The van der Waals surface area contributed by atoms with E-state index in [0.717, 1.165) is 12.2 Å². The molecule has 0 radical (unpaired) electrons. The van der Waals surface area contributed by atoms with Gasteiger partial charge in [0.1, 0.15) is 0 Å². The summed E-state index contributed by atoms with van der Waals surface area (Å²) in [6.45, 7) is 0. The van der Waals surface area contributed by atoms with Crippen molar-refractivity contribution in [3.05, 3.63) is 54.1 Å². The average Bonchev–Trinajstić information content (AvgIpc) is 2.60. The molecule has 0 saturated heterocycles. The highest BCUT2D eigenvalue weighted by Crippen LogP contribution is 2.28. The van der Waals surface area contributed by atoms with Crippen molar-refractivity contribution in [2.75, 3.05) is 12.9 Å². The smallest absolute Gasteiger partial charge is 0.311 e. The minimum Gasteiger partial charge on any atom is -0.493 e. The van der Waals surface area contributed by atoms with Crippen LogP contribution in [0.4, 0.5) is 0 Å². The lowest BCUT2D eigenvalue weighted by atomic mass is 10.2. The monoisotopic (exact) mass is 327 g/mol. The minimum atomic E-state index is -0.304. The predicted molar refractivity (Wildman–Crippen MR) is 89.7 cm³/mol. The zero-order valence-electron chi connectivity index (χ0n) is 12.8. The van der Waals surface area contributed by atoms with Crippen LogP contribution in [0.5, 0.6) is 11.5 Å². The lowest BCUT2D eigenvalue weighted by molar-refractivity contribution is -0.134. The van der Waals surface area contributed by atoms with Gasteiger partial charge in [-0.3, -0.25) is 4.79 Å². The minimum absolute atomic E-state index is 0.304. The van der Waals surface area contributed by atoms with Crippen molar-refractivity contribution in [3.8, 4) is 17.6 Å². The van der Waals surface area contributed by atoms with Gasteiger partial charge in [0.05, 0.1) is 18.7 Å². The number of esters is 1. The van der Waals surface area contributed by atoms with E-state index in [1.807, 2.05) is 36.4 Å². The Morgan fingerprint density at radius 2 is 1.96 bits per heavy atom. The molecule has 0 atom stereocenters. The SMILES string of the molecule is COc1cc(C#N)ccc1OC(=O)CCCSc1ccccc1. The zero-order chi connectivity index (χ0) is 16.5. The molecule has 0 bridgehead atoms. The first kappa shape index (κ1) is 16.9. The Labute approximate surface area is 140 Å². The van der Waals surface area contributed by atoms with Gasteiger partial charge in [0, 0.05) is 17.4 Å². The van der Waals surface area contributed by atoms with Crippen molar-refractivity contribution in [1.82, 2.24) is 0 Å². The number of methoxy groups -OCH3 is 1. The van der Waals surface area contributed by atoms with Crippen LogP contribution < -0.4 is 9.47 Å². The number of rotatable bonds is 7. The highest BCUT2D eigenvalue weighted by atomic mass is 32.2. The number of carbonyl (C=O) groups excluding carboxylic acids is 1. The maximum absolute atomic E-state index is 11.9. The van der Waals surface area contributed by atoms with Gasteiger partial charge in [0.15, 0.2) is 11.5 Å². The van der Waals surface area contributed by atoms with Crippen molar-refractivity contribution in [2.45, 2.75) is 17.7 Å². The van der Waals surface area contributed by atoms with Crippen LogP contribution in [0, 0.1) is 11.3 Å². The van der Waals surface area contributed by atoms with E-state index >= 15 is 0 Å². The molecule has 0 saturated carbocycles. The van der Waals surface area contributed by atoms with E-state index in [-0.39, 0.29) is 5.97 Å². The van der Waals surface area contributed by atoms with Gasteiger partial charge < -0.3 is 9.47 Å². The molecule has 0 aliphatic rings. The molecule has 0 aliphatic heterocycles. The van der Waals surface area contributed by atoms with E-state index in [9.17, 15) is 4.79 Å². The van der Waals surface area contributed by atoms with E-state index in [1.165, 1.54) is 12.0 Å². The van der Waals surface area contributed by atoms with Gasteiger partial charge in [-0.05, 0) is 36.4 Å². The van der Waals surface area contributed by atoms with Crippen LogP contribution in [0.25, 0.3) is 0 Å². The standard InChI is InChI=1S/C18H17NO3S/c1-21-17-12-14(13-19)9-10-16(17)22-18(20)8-5-11-23-15-6-3-2-4-7-15/h2-4,6-7,9-10,12H,5,8,11H2,1H3. The van der Waals surface area contributed by atoms with Crippen LogP contribution in [-0.4, -0.2) is 18.8 Å². The summed E-state index contributed by atoms with van der Waals surface area (Å²) in [5, 5.41) is 8.85. The van der Waals surface area contributed by atoms with Crippen molar-refractivity contribution >= 4 is 17.7 Å². The number of nitrogens with zero attached hydrogens (tertiary/aromatic N) is 1. The fraction of sp³-hybridized carbons (Fsp3) is 0.222. The first-order chi connectivity index (χ1) is 11.2. The molecule has 0 aliphatic carbocycles. The second-order valence-electron chi connectivity index (χ2n) is 4.72. The highest BCUT2D eigenvalue weighted by Gasteiger charge is 2.10. The third-order valence-electron chi connectivity index (χ3n) is 3.05. The summed E-state index contributed by atoms with van der Waals surface area (Å²) >= 11 is 1.71. The Balaban J connectivity index is 1.80. The fourth-order valence-electron chi connectivity index (χ4n) is 1.92. The van der Waals surface area contributed by atoms with Gasteiger partial charge in [-0.1, -0.05) is 18.2 Å². The molecule has 23 heavy (non-hydrogen) atoms. The summed E-state index contributed by atoms with van der Waals surface area (Å²) in [7, 11) is 1.48. The summed E-state index contributed by atoms with van der Waals surface area (Å²) < 4.78 is 10.4. The summed E-state index contributed by atoms with van der Waals surface area (Å²) in [5.74, 6) is 1.27. The Hall–Kier alpha value is -2.45. The molecule has 4 nitrogen and oxygen atoms in total. The molecular formula is C18H17NO3S. The third-order valence-corrected chi connectivity index (χ3v) is 4.15. The molecule has 0 aromatic heterocycles. The highest BCUT2D eigenvalue weighted by molar-refractivity contribution is 7.99. The van der Waals surface area contributed by atoms with Gasteiger partial charge in [-0.15, -0.1) is 11.8 Å². The average molecular weight is 327 g/mol. The van der Waals surface area contributed by atoms with Gasteiger partial charge >= 0.3 is 5.97 Å². The van der Waals surface area contributed by atoms with Crippen molar-refractivity contribution in [3.63, 3.8) is 0 Å². The van der Waals surface area contributed by atoms with Crippen molar-refractivity contribution < 1.29 is 14.3 Å². The zero-order valence-corrected chi connectivity index (χ0v) is 13.6. The van der Waals surface area contributed by atoms with E-state index in [1.54, 1.807) is 30.0 Å². The number of nitriles is 1. The number of hydrogen-bond donors (Lipinski definition) is 0. The van der Waals surface area contributed by atoms with Gasteiger partial charge in [-0.25, -0.2) is 0 Å². The molecule has 5 heteroatoms. The van der Waals surface area contributed by atoms with Gasteiger partial charge in [0.25, 0.3) is 0 Å². The Kier molecular flexibility index (Phi) is 6.52. The number of benzene rings is 2. The molecule has 0 unspecified atom stereocenters. The number of carbonyl (C=O) groups is 1. The molecule has 118 valence electrons. The van der Waals surface area contributed by atoms with E-state index in [0.29, 0.717) is 23.5 Å². The number of thioether (sulfide) groups is 1. The third kappa shape index (κ3) is 5.35. The Bertz CT molecular complexity index is 695. The summed E-state index contributed by atoms with van der Waals surface area (Å²) in [6.07, 6.45) is 1.07. The molecule has 0 N–H and O–H groups in total. The fourth-order valence-corrected chi connectivity index (χ4v) is 2.79. The molecule has 2 aromatic rings. The topological polar surface area (TPSA) is 59.3 Å². The number of ether oxygens (including phenoxy) is 2. The van der Waals surface area contributed by atoms with Crippen LogP contribution >= 0.6 is 11.8 Å². The van der Waals surface area contributed by atoms with E-state index in [2.05, 4.69) is 0 Å². The molecule has 0 amide bonds. The quantitative estimate of drug-likeness (QED) is 0.332. The van der Waals surface area contributed by atoms with Gasteiger partial charge in [-0.2, -0.15) is 5.26 Å². The first-order valence-corrected chi connectivity index (χ1v) is 8.18. The van der Waals surface area contributed by atoms with Crippen LogP contribution in [0.1, 0.15) is 18.4 Å². The largest absolute Gasteiger partial charge is 0.493 e. The normalized spacial score (nSPS) is 9.91. The van der Waals surface area contributed by atoms with Crippen LogP contribution in [0.3, 0.4) is 0 Å². The summed E-state index contributed by atoms with van der Waals surface area (Å²) in [6, 6.07) is 16.8. The maximum atomic E-state index is 11.9. The van der Waals surface area contributed by atoms with Crippen molar-refractivity contribution in [1.29, 1.82) is 5.26 Å².